The third-order valence-electron chi connectivity index (χ3n) is 9.58. The maximum absolute atomic E-state index is 12.5. The molecule has 0 aromatic carbocycles. The SMILES string of the molecule is [C-]#[N+][C@@H]1CCCC1C(=O)C(N)CCC(=O)NCCCCCCCCCC(=O)CCCCCCCCCCC(=O)NCCCC[C@H](N)C=O. The summed E-state index contributed by atoms with van der Waals surface area (Å²) in [7, 11) is 0. The summed E-state index contributed by atoms with van der Waals surface area (Å²) in [5, 5.41) is 5.87. The van der Waals surface area contributed by atoms with Gasteiger partial charge in [-0.3, -0.25) is 19.2 Å². The van der Waals surface area contributed by atoms with E-state index in [1.54, 1.807) is 0 Å². The lowest BCUT2D eigenvalue weighted by atomic mass is 9.92. The van der Waals surface area contributed by atoms with Gasteiger partial charge in [0.05, 0.1) is 18.0 Å². The number of aldehydes is 1. The lowest BCUT2D eigenvalue weighted by Crippen LogP contribution is -2.39. The molecule has 0 aliphatic heterocycles. The van der Waals surface area contributed by atoms with Crippen molar-refractivity contribution in [2.75, 3.05) is 13.1 Å². The summed E-state index contributed by atoms with van der Waals surface area (Å²) in [5.74, 6) is 0.126. The van der Waals surface area contributed by atoms with Gasteiger partial charge in [0.15, 0.2) is 5.78 Å². The van der Waals surface area contributed by atoms with E-state index in [0.29, 0.717) is 51.0 Å². The van der Waals surface area contributed by atoms with Crippen LogP contribution >= 0.6 is 0 Å². The first-order valence-electron chi connectivity index (χ1n) is 19.2. The van der Waals surface area contributed by atoms with E-state index < -0.39 is 6.04 Å². The van der Waals surface area contributed by atoms with E-state index in [-0.39, 0.29) is 42.0 Å². The number of rotatable bonds is 32. The van der Waals surface area contributed by atoms with Crippen molar-refractivity contribution in [1.29, 1.82) is 0 Å². The molecule has 10 nitrogen and oxygen atoms in total. The summed E-state index contributed by atoms with van der Waals surface area (Å²) >= 11 is 0. The monoisotopic (exact) mass is 674 g/mol. The van der Waals surface area contributed by atoms with E-state index in [1.807, 2.05) is 0 Å². The summed E-state index contributed by atoms with van der Waals surface area (Å²) < 4.78 is 0. The minimum atomic E-state index is -0.658. The van der Waals surface area contributed by atoms with Crippen LogP contribution in [0.3, 0.4) is 0 Å². The molecule has 0 heterocycles. The first-order valence-corrected chi connectivity index (χ1v) is 19.2. The standard InChI is InChI=1S/C38H67N5O5/c1-41-35-24-19-23-33(35)38(48)34(40)26-27-37(47)43-28-17-12-8-4-6-10-14-22-32(45)21-13-9-5-2-3-7-11-15-25-36(46)42-29-18-16-20-31(39)30-44/h30-31,33-35H,2-29,39-40H2,(H,42,46)(H,43,47)/t31-,33?,34?,35+/m0/s1. The highest BCUT2D eigenvalue weighted by molar-refractivity contribution is 5.88. The number of nitrogens with zero attached hydrogens (tertiary/aromatic N) is 1. The smallest absolute Gasteiger partial charge is 0.233 e. The predicted molar refractivity (Wildman–Crippen MR) is 192 cm³/mol. The molecule has 48 heavy (non-hydrogen) atoms. The molecule has 2 unspecified atom stereocenters. The highest BCUT2D eigenvalue weighted by atomic mass is 16.2. The van der Waals surface area contributed by atoms with Crippen molar-refractivity contribution in [1.82, 2.24) is 10.6 Å². The van der Waals surface area contributed by atoms with Gasteiger partial charge in [-0.15, -0.1) is 0 Å². The molecule has 10 heteroatoms. The quantitative estimate of drug-likeness (QED) is 0.0371. The Morgan fingerprint density at radius 1 is 0.646 bits per heavy atom. The van der Waals surface area contributed by atoms with Gasteiger partial charge in [-0.05, 0) is 64.2 Å². The lowest BCUT2D eigenvalue weighted by Gasteiger charge is -2.15. The molecule has 6 N–H and O–H groups in total. The molecule has 4 atom stereocenters. The topological polar surface area (TPSA) is 166 Å². The Hall–Kier alpha value is -2.64. The molecule has 1 fully saturated rings. The van der Waals surface area contributed by atoms with E-state index in [9.17, 15) is 24.0 Å². The van der Waals surface area contributed by atoms with Crippen molar-refractivity contribution in [3.63, 3.8) is 0 Å². The highest BCUT2D eigenvalue weighted by Crippen LogP contribution is 2.30. The van der Waals surface area contributed by atoms with E-state index in [2.05, 4.69) is 15.5 Å². The molecule has 1 aliphatic rings. The van der Waals surface area contributed by atoms with Crippen LogP contribution in [0.5, 0.6) is 0 Å². The minimum absolute atomic E-state index is 0.0552. The fourth-order valence-electron chi connectivity index (χ4n) is 6.46. The van der Waals surface area contributed by atoms with Crippen LogP contribution in [0.4, 0.5) is 0 Å². The largest absolute Gasteiger partial charge is 0.356 e. The molecule has 1 rings (SSSR count). The Balaban J connectivity index is 1.82. The van der Waals surface area contributed by atoms with E-state index >= 15 is 0 Å². The zero-order valence-electron chi connectivity index (χ0n) is 29.8. The van der Waals surface area contributed by atoms with Crippen molar-refractivity contribution in [3.05, 3.63) is 11.4 Å². The lowest BCUT2D eigenvalue weighted by molar-refractivity contribution is -0.125. The van der Waals surface area contributed by atoms with Crippen LogP contribution in [0, 0.1) is 12.5 Å². The molecule has 274 valence electrons. The normalized spacial score (nSPS) is 16.9. The van der Waals surface area contributed by atoms with Crippen molar-refractivity contribution in [2.45, 2.75) is 185 Å². The van der Waals surface area contributed by atoms with Crippen LogP contribution in [0.1, 0.15) is 167 Å². The second kappa shape index (κ2) is 29.3. The molecule has 1 aliphatic carbocycles. The first kappa shape index (κ1) is 43.4. The molecular formula is C38H67N5O5. The molecule has 1 saturated carbocycles. The van der Waals surface area contributed by atoms with Gasteiger partial charge >= 0.3 is 0 Å². The highest BCUT2D eigenvalue weighted by Gasteiger charge is 2.39. The summed E-state index contributed by atoms with van der Waals surface area (Å²) in [5.41, 5.74) is 11.6. The minimum Gasteiger partial charge on any atom is -0.356 e. The van der Waals surface area contributed by atoms with Crippen LogP contribution in [-0.2, 0) is 24.0 Å². The van der Waals surface area contributed by atoms with Crippen LogP contribution < -0.4 is 22.1 Å². The number of nitrogens with two attached hydrogens (primary N) is 2. The van der Waals surface area contributed by atoms with Crippen molar-refractivity contribution < 1.29 is 24.0 Å². The molecule has 0 spiro atoms. The van der Waals surface area contributed by atoms with E-state index in [0.717, 1.165) is 115 Å². The van der Waals surface area contributed by atoms with Crippen LogP contribution in [0.15, 0.2) is 0 Å². The second-order valence-corrected chi connectivity index (χ2v) is 13.9. The average Bonchev–Trinajstić information content (AvgIpc) is 3.57. The van der Waals surface area contributed by atoms with Gasteiger partial charge in [0.1, 0.15) is 12.1 Å². The Bertz CT molecular complexity index is 952. The second-order valence-electron chi connectivity index (χ2n) is 13.9. The Morgan fingerprint density at radius 2 is 1.12 bits per heavy atom. The molecule has 0 radical (unpaired) electrons. The summed E-state index contributed by atoms with van der Waals surface area (Å²) in [6.07, 6.45) is 24.4. The van der Waals surface area contributed by atoms with E-state index in [4.69, 9.17) is 18.0 Å². The van der Waals surface area contributed by atoms with Crippen LogP contribution in [0.25, 0.3) is 4.85 Å². The number of amides is 2. The number of hydrogen-bond acceptors (Lipinski definition) is 7. The van der Waals surface area contributed by atoms with Gasteiger partial charge in [-0.25, -0.2) is 6.57 Å². The number of ketones is 2. The van der Waals surface area contributed by atoms with Gasteiger partial charge < -0.3 is 31.7 Å². The molecule has 0 bridgehead atoms. The molecule has 0 aromatic heterocycles. The van der Waals surface area contributed by atoms with Gasteiger partial charge in [0.25, 0.3) is 0 Å². The third kappa shape index (κ3) is 22.8. The number of unbranched alkanes of at least 4 members (excludes halogenated alkanes) is 14. The van der Waals surface area contributed by atoms with E-state index in [1.165, 1.54) is 19.3 Å². The fraction of sp³-hybridized carbons (Fsp3) is 0.842. The van der Waals surface area contributed by atoms with Crippen molar-refractivity contribution in [3.8, 4) is 0 Å². The fourth-order valence-corrected chi connectivity index (χ4v) is 6.46. The zero-order chi connectivity index (χ0) is 35.2. The zero-order valence-corrected chi connectivity index (χ0v) is 29.8. The molecule has 0 saturated heterocycles. The van der Waals surface area contributed by atoms with Gasteiger partial charge in [0.2, 0.25) is 17.9 Å². The van der Waals surface area contributed by atoms with Gasteiger partial charge in [0, 0.05) is 45.2 Å². The van der Waals surface area contributed by atoms with Gasteiger partial charge in [-0.1, -0.05) is 70.6 Å². The number of nitrogens with one attached hydrogen (secondary N) is 2. The van der Waals surface area contributed by atoms with Crippen LogP contribution in [0.2, 0.25) is 0 Å². The van der Waals surface area contributed by atoms with Crippen molar-refractivity contribution >= 4 is 29.7 Å². The van der Waals surface area contributed by atoms with Gasteiger partial charge in [-0.2, -0.15) is 0 Å². The number of carbonyl (C=O) groups is 5. The number of Topliss-reactive ketones (excluding diaryl/α,β-unsaturated/α-hetero) is 2. The summed E-state index contributed by atoms with van der Waals surface area (Å²) in [4.78, 5) is 62.7. The van der Waals surface area contributed by atoms with Crippen molar-refractivity contribution in [2.24, 2.45) is 17.4 Å². The molecule has 2 amide bonds. The maximum Gasteiger partial charge on any atom is 0.233 e. The Morgan fingerprint density at radius 3 is 1.67 bits per heavy atom. The number of hydrogen-bond donors (Lipinski definition) is 4. The third-order valence-corrected chi connectivity index (χ3v) is 9.58. The molecule has 0 aromatic rings. The molecular weight excluding hydrogens is 606 g/mol. The predicted octanol–water partition coefficient (Wildman–Crippen LogP) is 6.27. The maximum atomic E-state index is 12.5. The summed E-state index contributed by atoms with van der Waals surface area (Å²) in [6, 6.07) is -1.28. The Kier molecular flexibility index (Phi) is 26.5. The first-order chi connectivity index (χ1) is 23.3. The average molecular weight is 674 g/mol. The number of carbonyl (C=O) groups excluding carboxylic acids is 5. The summed E-state index contributed by atoms with van der Waals surface area (Å²) in [6.45, 7) is 8.53. The Labute approximate surface area is 290 Å². The van der Waals surface area contributed by atoms with Crippen LogP contribution in [-0.4, -0.2) is 60.9 Å².